The molecule has 102 valence electrons. The molecule has 0 aliphatic heterocycles. The van der Waals surface area contributed by atoms with Gasteiger partial charge in [0.2, 0.25) is 0 Å². The Hall–Kier alpha value is -1.09. The summed E-state index contributed by atoms with van der Waals surface area (Å²) in [6.07, 6.45) is 0. The van der Waals surface area contributed by atoms with Crippen LogP contribution in [0.25, 0.3) is 10.9 Å². The molecule has 1 heterocycles. The monoisotopic (exact) mass is 320 g/mol. The van der Waals surface area contributed by atoms with E-state index in [1.54, 1.807) is 0 Å². The minimum atomic E-state index is 0.0783. The summed E-state index contributed by atoms with van der Waals surface area (Å²) >= 11 is 3.62. The van der Waals surface area contributed by atoms with E-state index < -0.39 is 0 Å². The minimum absolute atomic E-state index is 0.0783. The summed E-state index contributed by atoms with van der Waals surface area (Å²) in [5.41, 5.74) is 3.61. The average Bonchev–Trinajstić information content (AvgIpc) is 2.28. The van der Waals surface area contributed by atoms with Crippen molar-refractivity contribution in [1.29, 1.82) is 0 Å². The first-order chi connectivity index (χ1) is 8.82. The summed E-state index contributed by atoms with van der Waals surface area (Å²) in [4.78, 5) is 4.81. The highest BCUT2D eigenvalue weighted by atomic mass is 79.9. The van der Waals surface area contributed by atoms with Gasteiger partial charge in [-0.25, -0.2) is 4.98 Å². The Morgan fingerprint density at radius 3 is 2.47 bits per heavy atom. The van der Waals surface area contributed by atoms with Gasteiger partial charge in [-0.15, -0.1) is 0 Å². The third-order valence-corrected chi connectivity index (χ3v) is 3.77. The molecule has 19 heavy (non-hydrogen) atoms. The molecule has 2 nitrogen and oxygen atoms in total. The summed E-state index contributed by atoms with van der Waals surface area (Å²) in [6, 6.07) is 6.57. The van der Waals surface area contributed by atoms with Crippen LogP contribution in [0.4, 0.5) is 5.82 Å². The molecule has 3 heteroatoms. The molecule has 0 aliphatic rings. The third-order valence-electron chi connectivity index (χ3n) is 3.17. The van der Waals surface area contributed by atoms with Gasteiger partial charge in [0, 0.05) is 22.0 Å². The highest BCUT2D eigenvalue weighted by Crippen LogP contribution is 2.34. The zero-order valence-electron chi connectivity index (χ0n) is 12.3. The second-order valence-corrected chi connectivity index (χ2v) is 6.84. The number of benzene rings is 1. The molecular formula is C16H21BrN2. The molecule has 2 aromatic rings. The number of aryl methyl sites for hydroxylation is 1. The lowest BCUT2D eigenvalue weighted by Crippen LogP contribution is -2.16. The Kier molecular flexibility index (Phi) is 3.86. The summed E-state index contributed by atoms with van der Waals surface area (Å²) in [5, 5.41) is 4.58. The predicted molar refractivity (Wildman–Crippen MR) is 87.0 cm³/mol. The topological polar surface area (TPSA) is 24.9 Å². The number of nitrogens with zero attached hydrogens (tertiary/aromatic N) is 1. The molecule has 0 radical (unpaired) electrons. The van der Waals surface area contributed by atoms with E-state index in [1.165, 1.54) is 16.5 Å². The molecule has 0 aliphatic carbocycles. The van der Waals surface area contributed by atoms with Crippen LogP contribution in [0.5, 0.6) is 0 Å². The molecule has 0 amide bonds. The average molecular weight is 321 g/mol. The molecular weight excluding hydrogens is 300 g/mol. The zero-order valence-corrected chi connectivity index (χ0v) is 13.9. The van der Waals surface area contributed by atoms with Crippen LogP contribution in [0.2, 0.25) is 0 Å². The van der Waals surface area contributed by atoms with Gasteiger partial charge in [-0.2, -0.15) is 0 Å². The summed E-state index contributed by atoms with van der Waals surface area (Å²) in [5.74, 6) is 0.993. The van der Waals surface area contributed by atoms with Gasteiger partial charge in [0.15, 0.2) is 0 Å². The first-order valence-electron chi connectivity index (χ1n) is 6.68. The number of halogens is 1. The fraction of sp³-hybridized carbons (Fsp3) is 0.438. The molecule has 0 atom stereocenters. The van der Waals surface area contributed by atoms with Crippen LogP contribution in [-0.2, 0) is 5.41 Å². The van der Waals surface area contributed by atoms with Crippen molar-refractivity contribution in [2.75, 3.05) is 11.9 Å². The van der Waals surface area contributed by atoms with Crippen molar-refractivity contribution in [2.24, 2.45) is 0 Å². The van der Waals surface area contributed by atoms with E-state index in [0.717, 1.165) is 22.4 Å². The number of aromatic nitrogens is 1. The van der Waals surface area contributed by atoms with Gasteiger partial charge in [-0.05, 0) is 59.0 Å². The van der Waals surface area contributed by atoms with E-state index >= 15 is 0 Å². The lowest BCUT2D eigenvalue weighted by Gasteiger charge is -2.23. The highest BCUT2D eigenvalue weighted by molar-refractivity contribution is 9.10. The van der Waals surface area contributed by atoms with E-state index in [1.807, 2.05) is 0 Å². The normalized spacial score (nSPS) is 11.9. The minimum Gasteiger partial charge on any atom is -0.370 e. The van der Waals surface area contributed by atoms with Crippen molar-refractivity contribution in [3.05, 3.63) is 33.8 Å². The second-order valence-electron chi connectivity index (χ2n) is 5.98. The van der Waals surface area contributed by atoms with Gasteiger partial charge in [0.05, 0.1) is 5.52 Å². The Labute approximate surface area is 123 Å². The molecule has 1 N–H and O–H groups in total. The third kappa shape index (κ3) is 2.92. The molecule has 0 unspecified atom stereocenters. The lowest BCUT2D eigenvalue weighted by atomic mass is 9.86. The molecule has 0 saturated heterocycles. The summed E-state index contributed by atoms with van der Waals surface area (Å²) in [7, 11) is 0. The van der Waals surface area contributed by atoms with Crippen LogP contribution < -0.4 is 5.32 Å². The quantitative estimate of drug-likeness (QED) is 0.838. The fourth-order valence-corrected chi connectivity index (χ4v) is 2.94. The molecule has 0 spiro atoms. The van der Waals surface area contributed by atoms with Crippen LogP contribution in [0.1, 0.15) is 38.8 Å². The van der Waals surface area contributed by atoms with Crippen molar-refractivity contribution >= 4 is 32.7 Å². The highest BCUT2D eigenvalue weighted by Gasteiger charge is 2.20. The number of hydrogen-bond acceptors (Lipinski definition) is 2. The Morgan fingerprint density at radius 1 is 1.21 bits per heavy atom. The number of anilines is 1. The van der Waals surface area contributed by atoms with Gasteiger partial charge in [-0.3, -0.25) is 0 Å². The van der Waals surface area contributed by atoms with Crippen molar-refractivity contribution in [1.82, 2.24) is 4.98 Å². The van der Waals surface area contributed by atoms with Crippen molar-refractivity contribution in [3.8, 4) is 0 Å². The number of fused-ring (bicyclic) bond motifs is 1. The number of pyridine rings is 1. The van der Waals surface area contributed by atoms with E-state index in [-0.39, 0.29) is 5.41 Å². The fourth-order valence-electron chi connectivity index (χ4n) is 2.26. The molecule has 0 saturated carbocycles. The summed E-state index contributed by atoms with van der Waals surface area (Å²) < 4.78 is 1.06. The van der Waals surface area contributed by atoms with Crippen molar-refractivity contribution < 1.29 is 0 Å². The first kappa shape index (κ1) is 14.3. The van der Waals surface area contributed by atoms with Crippen molar-refractivity contribution in [3.63, 3.8) is 0 Å². The number of hydrogen-bond donors (Lipinski definition) is 1. The maximum Gasteiger partial charge on any atom is 0.130 e. The molecule has 0 fully saturated rings. The van der Waals surface area contributed by atoms with Crippen LogP contribution in [0.3, 0.4) is 0 Å². The maximum atomic E-state index is 4.81. The second kappa shape index (κ2) is 5.12. The first-order valence-corrected chi connectivity index (χ1v) is 7.47. The smallest absolute Gasteiger partial charge is 0.130 e. The number of rotatable bonds is 2. The predicted octanol–water partition coefficient (Wildman–Crippen LogP) is 5.04. The molecule has 2 rings (SSSR count). The Bertz CT molecular complexity index is 612. The number of nitrogens with one attached hydrogen (secondary N) is 1. The van der Waals surface area contributed by atoms with Crippen LogP contribution in [0.15, 0.2) is 22.7 Å². The standard InChI is InChI=1S/C16H21BrN2/c1-6-18-15-12(16(3,4)5)9-11-7-10(2)8-13(17)14(11)19-15/h7-9H,6H2,1-5H3,(H,18,19). The van der Waals surface area contributed by atoms with Gasteiger partial charge in [-0.1, -0.05) is 20.8 Å². The maximum absolute atomic E-state index is 4.81. The van der Waals surface area contributed by atoms with Gasteiger partial charge in [0.25, 0.3) is 0 Å². The Morgan fingerprint density at radius 2 is 1.89 bits per heavy atom. The van der Waals surface area contributed by atoms with Crippen LogP contribution >= 0.6 is 15.9 Å². The Balaban J connectivity index is 2.76. The lowest BCUT2D eigenvalue weighted by molar-refractivity contribution is 0.590. The van der Waals surface area contributed by atoms with Gasteiger partial charge in [0.1, 0.15) is 5.82 Å². The zero-order chi connectivity index (χ0) is 14.2. The molecule has 0 bridgehead atoms. The largest absolute Gasteiger partial charge is 0.370 e. The molecule has 1 aromatic heterocycles. The van der Waals surface area contributed by atoms with Crippen LogP contribution in [-0.4, -0.2) is 11.5 Å². The molecule has 1 aromatic carbocycles. The van der Waals surface area contributed by atoms with E-state index in [2.05, 4.69) is 74.1 Å². The summed E-state index contributed by atoms with van der Waals surface area (Å²) in [6.45, 7) is 11.8. The van der Waals surface area contributed by atoms with Crippen LogP contribution in [0, 0.1) is 6.92 Å². The van der Waals surface area contributed by atoms with E-state index in [0.29, 0.717) is 0 Å². The SMILES string of the molecule is CCNc1nc2c(Br)cc(C)cc2cc1C(C)(C)C. The van der Waals surface area contributed by atoms with E-state index in [9.17, 15) is 0 Å². The van der Waals surface area contributed by atoms with Gasteiger partial charge >= 0.3 is 0 Å². The van der Waals surface area contributed by atoms with E-state index in [4.69, 9.17) is 4.98 Å². The van der Waals surface area contributed by atoms with Gasteiger partial charge < -0.3 is 5.32 Å². The van der Waals surface area contributed by atoms with Crippen molar-refractivity contribution in [2.45, 2.75) is 40.0 Å².